The van der Waals surface area contributed by atoms with Gasteiger partial charge in [-0.15, -0.1) is 0 Å². The van der Waals surface area contributed by atoms with Crippen molar-refractivity contribution >= 4 is 5.97 Å². The average Bonchev–Trinajstić information content (AvgIpc) is 2.59. The Labute approximate surface area is 156 Å². The van der Waals surface area contributed by atoms with Gasteiger partial charge >= 0.3 is 5.97 Å². The number of carbonyl (C=O) groups excluding carboxylic acids is 1. The standard InChI is InChI=1S/C23H42O2/c1-3-4-5-16-19-23(24)25-22-18-15-13-11-9-7-6-8-10-12-14-17-21(2)20-22/h20-21H,3-19H2,1-2H3/b22-20-. The summed E-state index contributed by atoms with van der Waals surface area (Å²) in [7, 11) is 0. The first kappa shape index (κ1) is 22.3. The van der Waals surface area contributed by atoms with E-state index in [1.54, 1.807) is 0 Å². The number of ether oxygens (including phenoxy) is 1. The largest absolute Gasteiger partial charge is 0.431 e. The molecule has 0 heterocycles. The smallest absolute Gasteiger partial charge is 0.310 e. The summed E-state index contributed by atoms with van der Waals surface area (Å²) in [6.45, 7) is 4.47. The minimum Gasteiger partial charge on any atom is -0.431 e. The molecule has 0 N–H and O–H groups in total. The van der Waals surface area contributed by atoms with Crippen LogP contribution in [0.5, 0.6) is 0 Å². The van der Waals surface area contributed by atoms with E-state index in [0.29, 0.717) is 12.3 Å². The average molecular weight is 351 g/mol. The number of rotatable bonds is 6. The van der Waals surface area contributed by atoms with E-state index in [-0.39, 0.29) is 5.97 Å². The van der Waals surface area contributed by atoms with Crippen LogP contribution in [-0.4, -0.2) is 5.97 Å². The third-order valence-electron chi connectivity index (χ3n) is 5.28. The zero-order chi connectivity index (χ0) is 18.2. The Morgan fingerprint density at radius 2 is 1.52 bits per heavy atom. The Hall–Kier alpha value is -0.790. The van der Waals surface area contributed by atoms with Crippen molar-refractivity contribution in [1.29, 1.82) is 0 Å². The van der Waals surface area contributed by atoms with E-state index in [2.05, 4.69) is 19.9 Å². The van der Waals surface area contributed by atoms with Crippen LogP contribution in [0.4, 0.5) is 0 Å². The molecule has 2 heteroatoms. The summed E-state index contributed by atoms with van der Waals surface area (Å²) in [5, 5.41) is 0. The van der Waals surface area contributed by atoms with Crippen LogP contribution in [0.3, 0.4) is 0 Å². The Morgan fingerprint density at radius 1 is 0.920 bits per heavy atom. The zero-order valence-corrected chi connectivity index (χ0v) is 17.0. The zero-order valence-electron chi connectivity index (χ0n) is 17.0. The van der Waals surface area contributed by atoms with E-state index >= 15 is 0 Å². The summed E-state index contributed by atoms with van der Waals surface area (Å²) >= 11 is 0. The Kier molecular flexibility index (Phi) is 13.8. The number of hydrogen-bond acceptors (Lipinski definition) is 2. The van der Waals surface area contributed by atoms with Crippen LogP contribution in [0.25, 0.3) is 0 Å². The highest BCUT2D eigenvalue weighted by Crippen LogP contribution is 2.21. The lowest BCUT2D eigenvalue weighted by Gasteiger charge is -2.12. The molecule has 0 aromatic carbocycles. The fourth-order valence-electron chi connectivity index (χ4n) is 3.64. The molecule has 0 aliphatic heterocycles. The maximum absolute atomic E-state index is 12.1. The number of esters is 1. The van der Waals surface area contributed by atoms with Crippen LogP contribution < -0.4 is 0 Å². The highest BCUT2D eigenvalue weighted by Gasteiger charge is 2.10. The molecule has 146 valence electrons. The van der Waals surface area contributed by atoms with Crippen molar-refractivity contribution in [3.63, 3.8) is 0 Å². The van der Waals surface area contributed by atoms with Gasteiger partial charge in [-0.05, 0) is 31.3 Å². The van der Waals surface area contributed by atoms with Gasteiger partial charge in [0.05, 0.1) is 0 Å². The minimum atomic E-state index is -0.0209. The molecule has 0 bridgehead atoms. The molecule has 1 aliphatic carbocycles. The molecule has 2 nitrogen and oxygen atoms in total. The summed E-state index contributed by atoms with van der Waals surface area (Å²) in [4.78, 5) is 12.1. The minimum absolute atomic E-state index is 0.0209. The van der Waals surface area contributed by atoms with Gasteiger partial charge in [0.15, 0.2) is 0 Å². The third kappa shape index (κ3) is 13.1. The highest BCUT2D eigenvalue weighted by atomic mass is 16.5. The second kappa shape index (κ2) is 15.5. The van der Waals surface area contributed by atoms with Gasteiger partial charge in [-0.3, -0.25) is 4.79 Å². The lowest BCUT2D eigenvalue weighted by atomic mass is 10.0. The molecular formula is C23H42O2. The van der Waals surface area contributed by atoms with Crippen LogP contribution in [0.15, 0.2) is 11.8 Å². The fraction of sp³-hybridized carbons (Fsp3) is 0.870. The summed E-state index contributed by atoms with van der Waals surface area (Å²) < 4.78 is 5.75. The molecule has 0 saturated carbocycles. The summed E-state index contributed by atoms with van der Waals surface area (Å²) in [5.74, 6) is 1.45. The Bertz CT molecular complexity index is 359. The molecule has 1 atom stereocenters. The molecule has 1 rings (SSSR count). The fourth-order valence-corrected chi connectivity index (χ4v) is 3.64. The predicted octanol–water partition coefficient (Wildman–Crippen LogP) is 7.71. The predicted molar refractivity (Wildman–Crippen MR) is 108 cm³/mol. The molecule has 0 fully saturated rings. The van der Waals surface area contributed by atoms with Crippen molar-refractivity contribution in [3.05, 3.63) is 11.8 Å². The number of hydrogen-bond donors (Lipinski definition) is 0. The van der Waals surface area contributed by atoms with Crippen molar-refractivity contribution in [2.24, 2.45) is 5.92 Å². The molecule has 1 aliphatic rings. The first-order valence-electron chi connectivity index (χ1n) is 11.1. The highest BCUT2D eigenvalue weighted by molar-refractivity contribution is 5.70. The van der Waals surface area contributed by atoms with E-state index in [1.807, 2.05) is 0 Å². The lowest BCUT2D eigenvalue weighted by molar-refractivity contribution is -0.139. The van der Waals surface area contributed by atoms with Crippen molar-refractivity contribution < 1.29 is 9.53 Å². The van der Waals surface area contributed by atoms with Gasteiger partial charge in [0.25, 0.3) is 0 Å². The van der Waals surface area contributed by atoms with Gasteiger partial charge < -0.3 is 4.74 Å². The van der Waals surface area contributed by atoms with E-state index in [4.69, 9.17) is 4.74 Å². The molecule has 0 radical (unpaired) electrons. The third-order valence-corrected chi connectivity index (χ3v) is 5.28. The van der Waals surface area contributed by atoms with Crippen molar-refractivity contribution in [1.82, 2.24) is 0 Å². The number of unbranched alkanes of at least 4 members (excludes halogenated alkanes) is 3. The molecule has 25 heavy (non-hydrogen) atoms. The first-order chi connectivity index (χ1) is 12.2. The Morgan fingerprint density at radius 3 is 2.16 bits per heavy atom. The molecule has 1 unspecified atom stereocenters. The quantitative estimate of drug-likeness (QED) is 0.362. The molecule has 0 spiro atoms. The van der Waals surface area contributed by atoms with Gasteiger partial charge in [-0.1, -0.05) is 90.9 Å². The van der Waals surface area contributed by atoms with Crippen molar-refractivity contribution in [2.45, 2.75) is 123 Å². The maximum atomic E-state index is 12.1. The number of allylic oxidation sites excluding steroid dienone is 2. The molecule has 0 amide bonds. The number of carbonyl (C=O) groups is 1. The summed E-state index contributed by atoms with van der Waals surface area (Å²) in [6.07, 6.45) is 22.9. The Balaban J connectivity index is 2.46. The van der Waals surface area contributed by atoms with Gasteiger partial charge in [0, 0.05) is 12.8 Å². The maximum Gasteiger partial charge on any atom is 0.310 e. The van der Waals surface area contributed by atoms with Gasteiger partial charge in [0.1, 0.15) is 5.76 Å². The second-order valence-electron chi connectivity index (χ2n) is 7.97. The van der Waals surface area contributed by atoms with Crippen molar-refractivity contribution in [2.75, 3.05) is 0 Å². The van der Waals surface area contributed by atoms with Gasteiger partial charge in [0.2, 0.25) is 0 Å². The van der Waals surface area contributed by atoms with Gasteiger partial charge in [-0.25, -0.2) is 0 Å². The van der Waals surface area contributed by atoms with Crippen LogP contribution in [-0.2, 0) is 9.53 Å². The summed E-state index contributed by atoms with van der Waals surface area (Å²) in [6, 6.07) is 0. The van der Waals surface area contributed by atoms with E-state index in [1.165, 1.54) is 77.0 Å². The topological polar surface area (TPSA) is 26.3 Å². The van der Waals surface area contributed by atoms with E-state index in [0.717, 1.165) is 31.4 Å². The van der Waals surface area contributed by atoms with Crippen LogP contribution in [0.1, 0.15) is 123 Å². The van der Waals surface area contributed by atoms with Crippen molar-refractivity contribution in [3.8, 4) is 0 Å². The van der Waals surface area contributed by atoms with Crippen LogP contribution in [0.2, 0.25) is 0 Å². The normalized spacial score (nSPS) is 23.8. The SMILES string of the molecule is CCCCCCC(=O)O/C1=C\C(C)CCCCCCCCCCCC1. The molecule has 0 saturated heterocycles. The molecule has 0 aromatic rings. The van der Waals surface area contributed by atoms with Gasteiger partial charge in [-0.2, -0.15) is 0 Å². The summed E-state index contributed by atoms with van der Waals surface area (Å²) in [5.41, 5.74) is 0. The lowest BCUT2D eigenvalue weighted by Crippen LogP contribution is -2.06. The molecule has 0 aromatic heterocycles. The van der Waals surface area contributed by atoms with E-state index in [9.17, 15) is 4.79 Å². The molecular weight excluding hydrogens is 308 g/mol. The monoisotopic (exact) mass is 350 g/mol. The second-order valence-corrected chi connectivity index (χ2v) is 7.97. The van der Waals surface area contributed by atoms with Crippen LogP contribution in [0, 0.1) is 5.92 Å². The van der Waals surface area contributed by atoms with E-state index < -0.39 is 0 Å². The first-order valence-corrected chi connectivity index (χ1v) is 11.1. The van der Waals surface area contributed by atoms with Crippen LogP contribution >= 0.6 is 0 Å².